The third kappa shape index (κ3) is 2.94. The largest absolute Gasteiger partial charge is 0.459 e. The van der Waals surface area contributed by atoms with Gasteiger partial charge in [0.05, 0.1) is 23.5 Å². The second-order valence-corrected chi connectivity index (χ2v) is 14.5. The number of carbonyl (C=O) groups excluding carboxylic acids is 3. The Bertz CT molecular complexity index is 1190. The van der Waals surface area contributed by atoms with Gasteiger partial charge in [-0.1, -0.05) is 20.8 Å². The Labute approximate surface area is 232 Å². The lowest BCUT2D eigenvalue weighted by Gasteiger charge is -2.45. The first-order valence-electron chi connectivity index (χ1n) is 14.7. The van der Waals surface area contributed by atoms with Crippen LogP contribution in [0.5, 0.6) is 0 Å². The van der Waals surface area contributed by atoms with Gasteiger partial charge in [-0.05, 0) is 63.2 Å². The summed E-state index contributed by atoms with van der Waals surface area (Å²) in [5.41, 5.74) is -4.60. The van der Waals surface area contributed by atoms with Crippen LogP contribution in [0.4, 0.5) is 0 Å². The molecule has 2 bridgehead atoms. The summed E-state index contributed by atoms with van der Waals surface area (Å²) in [5, 5.41) is 46.2. The molecule has 5 saturated heterocycles. The van der Waals surface area contributed by atoms with Gasteiger partial charge in [-0.2, -0.15) is 0 Å². The summed E-state index contributed by atoms with van der Waals surface area (Å²) in [6.45, 7) is 9.22. The number of fused-ring (bicyclic) bond motifs is 3. The van der Waals surface area contributed by atoms with E-state index in [1.807, 2.05) is 27.7 Å². The third-order valence-corrected chi connectivity index (χ3v) is 12.2. The van der Waals surface area contributed by atoms with Gasteiger partial charge in [-0.3, -0.25) is 9.59 Å². The van der Waals surface area contributed by atoms with E-state index in [0.717, 1.165) is 0 Å². The quantitative estimate of drug-likeness (QED) is 0.346. The van der Waals surface area contributed by atoms with Crippen molar-refractivity contribution in [1.29, 1.82) is 0 Å². The number of ketones is 1. The molecule has 5 aliphatic heterocycles. The molecule has 2 saturated carbocycles. The van der Waals surface area contributed by atoms with Crippen LogP contribution in [0.25, 0.3) is 0 Å². The summed E-state index contributed by atoms with van der Waals surface area (Å²) in [6, 6.07) is 0. The van der Waals surface area contributed by atoms with E-state index in [4.69, 9.17) is 18.9 Å². The average molecular weight is 565 g/mol. The van der Waals surface area contributed by atoms with Crippen molar-refractivity contribution in [3.05, 3.63) is 0 Å². The number of esters is 2. The van der Waals surface area contributed by atoms with E-state index in [1.54, 1.807) is 6.92 Å². The predicted molar refractivity (Wildman–Crippen MR) is 133 cm³/mol. The molecule has 0 aromatic heterocycles. The Kier molecular flexibility index (Phi) is 5.34. The molecule has 15 unspecified atom stereocenters. The molecule has 0 aromatic carbocycles. The van der Waals surface area contributed by atoms with Crippen LogP contribution >= 0.6 is 0 Å². The third-order valence-electron chi connectivity index (χ3n) is 12.2. The van der Waals surface area contributed by atoms with Crippen LogP contribution in [0.2, 0.25) is 0 Å². The van der Waals surface area contributed by atoms with Crippen molar-refractivity contribution in [3.8, 4) is 0 Å². The molecule has 7 fully saturated rings. The number of Topliss-reactive ketones (excluding diaryl/α,β-unsaturated/α-hetero) is 1. The molecule has 11 heteroatoms. The summed E-state index contributed by atoms with van der Waals surface area (Å²) in [4.78, 5) is 38.7. The number of cyclic esters (lactones) is 1. The molecular formula is C29H40O11. The van der Waals surface area contributed by atoms with Crippen molar-refractivity contribution in [2.45, 2.75) is 120 Å². The molecule has 15 atom stereocenters. The van der Waals surface area contributed by atoms with Crippen LogP contribution < -0.4 is 0 Å². The smallest absolute Gasteiger partial charge is 0.338 e. The topological polar surface area (TPSA) is 169 Å². The molecule has 7 aliphatic rings. The second-order valence-electron chi connectivity index (χ2n) is 14.5. The highest BCUT2D eigenvalue weighted by molar-refractivity contribution is 5.92. The first-order chi connectivity index (χ1) is 18.6. The second kappa shape index (κ2) is 7.85. The minimum Gasteiger partial charge on any atom is -0.459 e. The average Bonchev–Trinajstić information content (AvgIpc) is 3.08. The number of hydrogen-bond acceptors (Lipinski definition) is 11. The molecule has 2 aliphatic carbocycles. The summed E-state index contributed by atoms with van der Waals surface area (Å²) < 4.78 is 23.9. The molecular weight excluding hydrogens is 524 g/mol. The maximum absolute atomic E-state index is 14.1. The van der Waals surface area contributed by atoms with Gasteiger partial charge in [-0.15, -0.1) is 0 Å². The number of aliphatic hydroxyl groups is 4. The molecule has 40 heavy (non-hydrogen) atoms. The molecule has 4 N–H and O–H groups in total. The lowest BCUT2D eigenvalue weighted by Crippen LogP contribution is -2.64. The van der Waals surface area contributed by atoms with Crippen LogP contribution in [0.3, 0.4) is 0 Å². The lowest BCUT2D eigenvalue weighted by molar-refractivity contribution is -0.277. The Balaban J connectivity index is 1.24. The highest BCUT2D eigenvalue weighted by atomic mass is 16.7. The summed E-state index contributed by atoms with van der Waals surface area (Å²) in [7, 11) is 0. The molecule has 11 nitrogen and oxygen atoms in total. The van der Waals surface area contributed by atoms with Crippen LogP contribution in [0.15, 0.2) is 0 Å². The van der Waals surface area contributed by atoms with Crippen LogP contribution in [-0.4, -0.2) is 91.3 Å². The summed E-state index contributed by atoms with van der Waals surface area (Å²) >= 11 is 0. The van der Waals surface area contributed by atoms with E-state index in [-0.39, 0.29) is 24.2 Å². The number of rotatable bonds is 3. The minimum absolute atomic E-state index is 0.212. The zero-order chi connectivity index (χ0) is 28.9. The van der Waals surface area contributed by atoms with E-state index in [1.165, 1.54) is 0 Å². The van der Waals surface area contributed by atoms with Crippen LogP contribution in [0, 0.1) is 40.9 Å². The first kappa shape index (κ1) is 27.2. The van der Waals surface area contributed by atoms with Gasteiger partial charge in [0.15, 0.2) is 17.5 Å². The Morgan fingerprint density at radius 3 is 2.38 bits per heavy atom. The molecule has 0 aromatic rings. The van der Waals surface area contributed by atoms with Gasteiger partial charge in [0.25, 0.3) is 0 Å². The SMILES string of the molecule is CC1CC(C(O)C(C)C2C3C4(O)OC5(CCC23C)C(CCC2C(C)(C)OC3C(O)C(=O)OC32C5O)C4=O)OC1=O. The number of ether oxygens (including phenoxy) is 4. The molecule has 5 heterocycles. The van der Waals surface area contributed by atoms with Gasteiger partial charge in [0, 0.05) is 11.8 Å². The van der Waals surface area contributed by atoms with Crippen molar-refractivity contribution < 1.29 is 53.8 Å². The van der Waals surface area contributed by atoms with Crippen LogP contribution in [0.1, 0.15) is 66.7 Å². The predicted octanol–water partition coefficient (Wildman–Crippen LogP) is 0.229. The van der Waals surface area contributed by atoms with E-state index < -0.39 is 93.9 Å². The lowest BCUT2D eigenvalue weighted by atomic mass is 9.67. The Hall–Kier alpha value is -1.63. The van der Waals surface area contributed by atoms with E-state index in [0.29, 0.717) is 25.7 Å². The minimum atomic E-state index is -2.20. The van der Waals surface area contributed by atoms with E-state index in [9.17, 15) is 34.8 Å². The van der Waals surface area contributed by atoms with Gasteiger partial charge in [-0.25, -0.2) is 4.79 Å². The highest BCUT2D eigenvalue weighted by Gasteiger charge is 2.85. The fourth-order valence-corrected chi connectivity index (χ4v) is 10.3. The summed E-state index contributed by atoms with van der Waals surface area (Å²) in [6.07, 6.45) is -4.10. The normalized spacial score (nSPS) is 57.1. The number of hydrogen-bond donors (Lipinski definition) is 4. The molecule has 7 rings (SSSR count). The van der Waals surface area contributed by atoms with Gasteiger partial charge in [0.2, 0.25) is 5.79 Å². The zero-order valence-electron chi connectivity index (χ0n) is 23.5. The van der Waals surface area contributed by atoms with Gasteiger partial charge >= 0.3 is 11.9 Å². The van der Waals surface area contributed by atoms with Crippen LogP contribution in [-0.2, 0) is 33.3 Å². The van der Waals surface area contributed by atoms with Gasteiger partial charge in [0.1, 0.15) is 23.9 Å². The number of carbonyl (C=O) groups is 3. The molecule has 0 radical (unpaired) electrons. The van der Waals surface area contributed by atoms with E-state index >= 15 is 0 Å². The van der Waals surface area contributed by atoms with Crippen molar-refractivity contribution in [1.82, 2.24) is 0 Å². The van der Waals surface area contributed by atoms with Crippen molar-refractivity contribution in [2.24, 2.45) is 40.9 Å². The Morgan fingerprint density at radius 1 is 1.02 bits per heavy atom. The Morgan fingerprint density at radius 2 is 1.73 bits per heavy atom. The highest BCUT2D eigenvalue weighted by Crippen LogP contribution is 2.75. The maximum Gasteiger partial charge on any atom is 0.338 e. The fourth-order valence-electron chi connectivity index (χ4n) is 10.3. The summed E-state index contributed by atoms with van der Waals surface area (Å²) in [5.74, 6) is -6.90. The van der Waals surface area contributed by atoms with E-state index in [2.05, 4.69) is 0 Å². The number of aliphatic hydroxyl groups excluding tert-OH is 3. The van der Waals surface area contributed by atoms with Crippen molar-refractivity contribution in [3.63, 3.8) is 0 Å². The standard InChI is InChI=1S/C29H40O11/c1-11-10-14(37-22(11)33)17(30)12(2)16-19-26(16,5)8-9-27-13(20(32)29(19,36)40-27)6-7-15-25(3,4)38-21-18(31)23(34)39-28(15,21)24(27)35/h11-19,21,24,30-31,35-36H,6-10H2,1-5H3. The maximum atomic E-state index is 14.1. The van der Waals surface area contributed by atoms with Crippen molar-refractivity contribution >= 4 is 17.7 Å². The van der Waals surface area contributed by atoms with Gasteiger partial charge < -0.3 is 39.4 Å². The monoisotopic (exact) mass is 564 g/mol. The molecule has 222 valence electrons. The van der Waals surface area contributed by atoms with Crippen molar-refractivity contribution in [2.75, 3.05) is 0 Å². The molecule has 2 spiro atoms. The molecule has 0 amide bonds. The first-order valence-corrected chi connectivity index (χ1v) is 14.7. The zero-order valence-corrected chi connectivity index (χ0v) is 23.5. The fraction of sp³-hybridized carbons (Fsp3) is 0.897.